The molecule has 19 heavy (non-hydrogen) atoms. The van der Waals surface area contributed by atoms with Gasteiger partial charge in [0, 0.05) is 10.7 Å². The molecule has 1 heterocycles. The van der Waals surface area contributed by atoms with Crippen molar-refractivity contribution in [1.29, 1.82) is 0 Å². The van der Waals surface area contributed by atoms with E-state index >= 15 is 0 Å². The van der Waals surface area contributed by atoms with E-state index in [0.717, 1.165) is 0 Å². The minimum atomic E-state index is -1.07. The first kappa shape index (κ1) is 15.9. The van der Waals surface area contributed by atoms with Crippen molar-refractivity contribution in [3.05, 3.63) is 27.5 Å². The lowest BCUT2D eigenvalue weighted by molar-refractivity contribution is -0.139. The number of carboxylic acid groups (broad SMARTS) is 1. The lowest BCUT2D eigenvalue weighted by atomic mass is 10.0. The summed E-state index contributed by atoms with van der Waals surface area (Å²) in [5.41, 5.74) is 0.144. The molecule has 1 aromatic rings. The molecule has 1 amide bonds. The summed E-state index contributed by atoms with van der Waals surface area (Å²) in [6.07, 6.45) is 1.81. The molecular formula is C12H14BrClN2O3. The van der Waals surface area contributed by atoms with Crippen LogP contribution in [0.25, 0.3) is 0 Å². The van der Waals surface area contributed by atoms with Crippen molar-refractivity contribution < 1.29 is 14.7 Å². The van der Waals surface area contributed by atoms with Crippen LogP contribution in [0.5, 0.6) is 0 Å². The Hall–Kier alpha value is -1.14. The second kappa shape index (κ2) is 6.86. The van der Waals surface area contributed by atoms with Crippen molar-refractivity contribution in [3.8, 4) is 0 Å². The van der Waals surface area contributed by atoms with Gasteiger partial charge in [0.2, 0.25) is 0 Å². The maximum Gasteiger partial charge on any atom is 0.326 e. The Morgan fingerprint density at radius 1 is 1.53 bits per heavy atom. The Morgan fingerprint density at radius 3 is 2.68 bits per heavy atom. The fourth-order valence-electron chi connectivity index (χ4n) is 1.51. The first-order chi connectivity index (χ1) is 8.81. The molecule has 0 bridgehead atoms. The van der Waals surface area contributed by atoms with Crippen LogP contribution in [-0.4, -0.2) is 28.0 Å². The Bertz CT molecular complexity index is 494. The normalized spacial score (nSPS) is 12.3. The van der Waals surface area contributed by atoms with Crippen LogP contribution < -0.4 is 5.32 Å². The Morgan fingerprint density at radius 2 is 2.16 bits per heavy atom. The number of hydrogen-bond donors (Lipinski definition) is 2. The monoisotopic (exact) mass is 348 g/mol. The van der Waals surface area contributed by atoms with E-state index in [0.29, 0.717) is 10.9 Å². The third-order valence-electron chi connectivity index (χ3n) is 2.36. The van der Waals surface area contributed by atoms with Gasteiger partial charge in [0.15, 0.2) is 0 Å². The molecule has 1 aromatic heterocycles. The molecule has 0 unspecified atom stereocenters. The van der Waals surface area contributed by atoms with E-state index in [-0.39, 0.29) is 16.6 Å². The minimum Gasteiger partial charge on any atom is -0.480 e. The van der Waals surface area contributed by atoms with Crippen molar-refractivity contribution in [2.45, 2.75) is 26.3 Å². The Balaban J connectivity index is 2.87. The number of rotatable bonds is 5. The van der Waals surface area contributed by atoms with Gasteiger partial charge in [-0.15, -0.1) is 0 Å². The number of aromatic nitrogens is 1. The molecule has 7 heteroatoms. The summed E-state index contributed by atoms with van der Waals surface area (Å²) in [6.45, 7) is 3.77. The molecule has 5 nitrogen and oxygen atoms in total. The standard InChI is InChI=1S/C12H14BrClN2O3/c1-6(2)3-9(12(18)19)16-11(17)8-4-7(13)5-15-10(8)14/h4-6,9H,3H2,1-2H3,(H,16,17)(H,18,19)/t9-/m0/s1. The third-order valence-corrected chi connectivity index (χ3v) is 3.10. The van der Waals surface area contributed by atoms with Gasteiger partial charge in [-0.05, 0) is 34.3 Å². The predicted octanol–water partition coefficient (Wildman–Crippen LogP) is 2.73. The van der Waals surface area contributed by atoms with E-state index in [1.54, 1.807) is 0 Å². The van der Waals surface area contributed by atoms with Crippen molar-refractivity contribution in [2.75, 3.05) is 0 Å². The maximum atomic E-state index is 12.0. The number of halogens is 2. The van der Waals surface area contributed by atoms with E-state index in [4.69, 9.17) is 16.7 Å². The number of amides is 1. The topological polar surface area (TPSA) is 79.3 Å². The second-order valence-corrected chi connectivity index (χ2v) is 5.76. The zero-order chi connectivity index (χ0) is 14.6. The fourth-order valence-corrected chi connectivity index (χ4v) is 2.03. The first-order valence-corrected chi connectivity index (χ1v) is 6.83. The number of hydrogen-bond acceptors (Lipinski definition) is 3. The smallest absolute Gasteiger partial charge is 0.326 e. The maximum absolute atomic E-state index is 12.0. The molecule has 0 saturated carbocycles. The van der Waals surface area contributed by atoms with Gasteiger partial charge in [-0.25, -0.2) is 9.78 Å². The number of aliphatic carboxylic acids is 1. The molecule has 0 aliphatic rings. The van der Waals surface area contributed by atoms with Gasteiger partial charge in [-0.3, -0.25) is 4.79 Å². The second-order valence-electron chi connectivity index (χ2n) is 4.49. The molecule has 0 aliphatic heterocycles. The molecule has 2 N–H and O–H groups in total. The fraction of sp³-hybridized carbons (Fsp3) is 0.417. The highest BCUT2D eigenvalue weighted by Gasteiger charge is 2.23. The van der Waals surface area contributed by atoms with Crippen molar-refractivity contribution in [2.24, 2.45) is 5.92 Å². The van der Waals surface area contributed by atoms with E-state index in [9.17, 15) is 9.59 Å². The Labute approximate surface area is 124 Å². The van der Waals surface area contributed by atoms with Gasteiger partial charge < -0.3 is 10.4 Å². The van der Waals surface area contributed by atoms with Gasteiger partial charge >= 0.3 is 5.97 Å². The van der Waals surface area contributed by atoms with Crippen LogP contribution in [0.15, 0.2) is 16.7 Å². The SMILES string of the molecule is CC(C)C[C@H](NC(=O)c1cc(Br)cnc1Cl)C(=O)O. The van der Waals surface area contributed by atoms with Crippen LogP contribution in [0.3, 0.4) is 0 Å². The molecule has 0 saturated heterocycles. The van der Waals surface area contributed by atoms with Crippen LogP contribution in [0, 0.1) is 5.92 Å². The van der Waals surface area contributed by atoms with E-state index in [1.165, 1.54) is 12.3 Å². The van der Waals surface area contributed by atoms with Crippen LogP contribution in [0.2, 0.25) is 5.15 Å². The molecule has 1 rings (SSSR count). The number of nitrogens with zero attached hydrogens (tertiary/aromatic N) is 1. The molecule has 1 atom stereocenters. The summed E-state index contributed by atoms with van der Waals surface area (Å²) in [7, 11) is 0. The largest absolute Gasteiger partial charge is 0.480 e. The van der Waals surface area contributed by atoms with Gasteiger partial charge in [0.25, 0.3) is 5.91 Å². The molecule has 0 fully saturated rings. The van der Waals surface area contributed by atoms with Crippen LogP contribution in [-0.2, 0) is 4.79 Å². The van der Waals surface area contributed by atoms with Gasteiger partial charge in [-0.1, -0.05) is 25.4 Å². The first-order valence-electron chi connectivity index (χ1n) is 5.66. The molecule has 0 aliphatic carbocycles. The van der Waals surface area contributed by atoms with E-state index in [2.05, 4.69) is 26.2 Å². The number of carbonyl (C=O) groups is 2. The summed E-state index contributed by atoms with van der Waals surface area (Å²) >= 11 is 9.00. The van der Waals surface area contributed by atoms with E-state index in [1.807, 2.05) is 13.8 Å². The summed E-state index contributed by atoms with van der Waals surface area (Å²) in [5, 5.41) is 11.6. The molecule has 104 valence electrons. The average Bonchev–Trinajstić information content (AvgIpc) is 2.30. The number of carbonyl (C=O) groups excluding carboxylic acids is 1. The number of carboxylic acids is 1. The molecule has 0 spiro atoms. The predicted molar refractivity (Wildman–Crippen MR) is 75.3 cm³/mol. The average molecular weight is 350 g/mol. The van der Waals surface area contributed by atoms with Gasteiger partial charge in [-0.2, -0.15) is 0 Å². The van der Waals surface area contributed by atoms with Gasteiger partial charge in [0.1, 0.15) is 11.2 Å². The quantitative estimate of drug-likeness (QED) is 0.801. The molecular weight excluding hydrogens is 336 g/mol. The highest BCUT2D eigenvalue weighted by molar-refractivity contribution is 9.10. The molecule has 0 radical (unpaired) electrons. The van der Waals surface area contributed by atoms with E-state index < -0.39 is 17.9 Å². The summed E-state index contributed by atoms with van der Waals surface area (Å²) in [5.74, 6) is -1.47. The van der Waals surface area contributed by atoms with Crippen LogP contribution >= 0.6 is 27.5 Å². The molecule has 0 aromatic carbocycles. The lowest BCUT2D eigenvalue weighted by Gasteiger charge is -2.16. The van der Waals surface area contributed by atoms with Crippen molar-refractivity contribution in [1.82, 2.24) is 10.3 Å². The zero-order valence-corrected chi connectivity index (χ0v) is 12.8. The number of nitrogens with one attached hydrogen (secondary N) is 1. The third kappa shape index (κ3) is 4.80. The van der Waals surface area contributed by atoms with Crippen LogP contribution in [0.4, 0.5) is 0 Å². The van der Waals surface area contributed by atoms with Crippen LogP contribution in [0.1, 0.15) is 30.6 Å². The zero-order valence-electron chi connectivity index (χ0n) is 10.5. The minimum absolute atomic E-state index is 0.0365. The summed E-state index contributed by atoms with van der Waals surface area (Å²) in [6, 6.07) is 0.557. The van der Waals surface area contributed by atoms with Gasteiger partial charge in [0.05, 0.1) is 5.56 Å². The van der Waals surface area contributed by atoms with Crippen molar-refractivity contribution in [3.63, 3.8) is 0 Å². The highest BCUT2D eigenvalue weighted by Crippen LogP contribution is 2.18. The number of pyridine rings is 1. The Kier molecular flexibility index (Phi) is 5.75. The highest BCUT2D eigenvalue weighted by atomic mass is 79.9. The van der Waals surface area contributed by atoms with Crippen molar-refractivity contribution >= 4 is 39.4 Å². The lowest BCUT2D eigenvalue weighted by Crippen LogP contribution is -2.41. The summed E-state index contributed by atoms with van der Waals surface area (Å²) in [4.78, 5) is 26.9. The summed E-state index contributed by atoms with van der Waals surface area (Å²) < 4.78 is 0.595.